The third kappa shape index (κ3) is 6.03. The van der Waals surface area contributed by atoms with Gasteiger partial charge in [-0.15, -0.1) is 0 Å². The second-order valence-electron chi connectivity index (χ2n) is 6.00. The van der Waals surface area contributed by atoms with Gasteiger partial charge in [0.15, 0.2) is 12.9 Å². The zero-order valence-electron chi connectivity index (χ0n) is 15.2. The number of hydrogen-bond acceptors (Lipinski definition) is 6. The largest absolute Gasteiger partial charge is 0.482 e. The van der Waals surface area contributed by atoms with Crippen LogP contribution in [0, 0.1) is 0 Å². The van der Waals surface area contributed by atoms with Gasteiger partial charge in [0.1, 0.15) is 5.75 Å². The van der Waals surface area contributed by atoms with Crippen molar-refractivity contribution >= 4 is 29.1 Å². The third-order valence-electron chi connectivity index (χ3n) is 4.02. The van der Waals surface area contributed by atoms with Crippen LogP contribution in [0.2, 0.25) is 0 Å². The number of nitrogens with one attached hydrogen (secondary N) is 1. The van der Waals surface area contributed by atoms with Gasteiger partial charge in [-0.3, -0.25) is 14.6 Å². The van der Waals surface area contributed by atoms with Crippen LogP contribution >= 0.6 is 0 Å². The molecule has 0 atom stereocenters. The van der Waals surface area contributed by atoms with Gasteiger partial charge in [0.2, 0.25) is 5.91 Å². The van der Waals surface area contributed by atoms with Crippen molar-refractivity contribution < 1.29 is 24.2 Å². The summed E-state index contributed by atoms with van der Waals surface area (Å²) in [5.41, 5.74) is 1.14. The molecule has 144 valence electrons. The highest BCUT2D eigenvalue weighted by atomic mass is 16.5. The summed E-state index contributed by atoms with van der Waals surface area (Å²) < 4.78 is 5.02. The fourth-order valence-electron chi connectivity index (χ4n) is 2.72. The highest BCUT2D eigenvalue weighted by Crippen LogP contribution is 2.21. The number of rotatable bonds is 6. The topological polar surface area (TPSA) is 109 Å². The first-order valence-corrected chi connectivity index (χ1v) is 8.66. The van der Waals surface area contributed by atoms with Crippen molar-refractivity contribution in [2.45, 2.75) is 12.8 Å². The second kappa shape index (κ2) is 10.2. The summed E-state index contributed by atoms with van der Waals surface area (Å²) in [6.45, 7) is 2.00. The maximum Gasteiger partial charge on any atom is 0.341 e. The quantitative estimate of drug-likeness (QED) is 0.736. The number of aliphatic carboxylic acids is 1. The Morgan fingerprint density at radius 3 is 2.67 bits per heavy atom. The number of benzene rings is 1. The molecule has 1 aromatic heterocycles. The summed E-state index contributed by atoms with van der Waals surface area (Å²) in [6.07, 6.45) is 4.62. The van der Waals surface area contributed by atoms with E-state index in [1.807, 2.05) is 4.90 Å². The summed E-state index contributed by atoms with van der Waals surface area (Å²) >= 11 is 0. The molecule has 1 fully saturated rings. The fourth-order valence-corrected chi connectivity index (χ4v) is 2.72. The number of ether oxygens (including phenoxy) is 1. The number of carboxylic acid groups (broad SMARTS) is 1. The molecule has 1 amide bonds. The van der Waals surface area contributed by atoms with Gasteiger partial charge in [-0.25, -0.2) is 4.79 Å². The highest BCUT2D eigenvalue weighted by molar-refractivity contribution is 5.96. The molecule has 8 heteroatoms. The van der Waals surface area contributed by atoms with Crippen LogP contribution in [-0.4, -0.2) is 66.4 Å². The molecule has 0 spiro atoms. The minimum atomic E-state index is -1.04. The number of likely N-dealkylation sites (N-methyl/N-ethyl adjacent to an activating group) is 1. The summed E-state index contributed by atoms with van der Waals surface area (Å²) in [6, 6.07) is 6.52. The number of pyridine rings is 1. The van der Waals surface area contributed by atoms with Gasteiger partial charge in [-0.1, -0.05) is 0 Å². The lowest BCUT2D eigenvalue weighted by Gasteiger charge is -2.13. The predicted octanol–water partition coefficient (Wildman–Crippen LogP) is 1.34. The molecule has 0 unspecified atom stereocenters. The monoisotopic (exact) mass is 373 g/mol. The lowest BCUT2D eigenvalue weighted by atomic mass is 10.1. The molecule has 0 aliphatic carbocycles. The number of carboxylic acids is 1. The molecule has 2 N–H and O–H groups in total. The van der Waals surface area contributed by atoms with Crippen LogP contribution in [0.15, 0.2) is 30.5 Å². The van der Waals surface area contributed by atoms with Crippen molar-refractivity contribution in [3.8, 4) is 5.75 Å². The molecule has 2 aromatic rings. The molecule has 0 bridgehead atoms. The van der Waals surface area contributed by atoms with Gasteiger partial charge in [0.05, 0.1) is 12.1 Å². The molecular formula is C19H23N3O5. The number of likely N-dealkylation sites (tertiary alicyclic amines) is 1. The van der Waals surface area contributed by atoms with Crippen molar-refractivity contribution in [1.29, 1.82) is 0 Å². The highest BCUT2D eigenvalue weighted by Gasteiger charge is 2.16. The molecule has 3 rings (SSSR count). The van der Waals surface area contributed by atoms with Gasteiger partial charge in [-0.05, 0) is 38.1 Å². The summed E-state index contributed by atoms with van der Waals surface area (Å²) in [5, 5.41) is 12.0. The first-order chi connectivity index (χ1) is 13.0. The maximum absolute atomic E-state index is 11.1. The van der Waals surface area contributed by atoms with E-state index in [2.05, 4.69) is 10.3 Å². The summed E-state index contributed by atoms with van der Waals surface area (Å²) in [7, 11) is 1.80. The Morgan fingerprint density at radius 2 is 2.04 bits per heavy atom. The maximum atomic E-state index is 11.1. The average Bonchev–Trinajstić information content (AvgIpc) is 3.21. The van der Waals surface area contributed by atoms with Crippen molar-refractivity contribution in [3.63, 3.8) is 0 Å². The first kappa shape index (κ1) is 20.3. The lowest BCUT2D eigenvalue weighted by molar-refractivity contribution is -0.139. The number of nitrogens with zero attached hydrogens (tertiary/aromatic N) is 2. The second-order valence-corrected chi connectivity index (χ2v) is 6.00. The minimum absolute atomic E-state index is 0.236. The van der Waals surface area contributed by atoms with Crippen molar-refractivity contribution in [2.75, 3.05) is 33.3 Å². The van der Waals surface area contributed by atoms with Gasteiger partial charge >= 0.3 is 5.97 Å². The van der Waals surface area contributed by atoms with E-state index in [9.17, 15) is 14.4 Å². The van der Waals surface area contributed by atoms with E-state index in [1.165, 1.54) is 19.0 Å². The molecule has 1 aliphatic rings. The Morgan fingerprint density at radius 1 is 1.30 bits per heavy atom. The first-order valence-electron chi connectivity index (χ1n) is 8.66. The number of amides is 1. The van der Waals surface area contributed by atoms with Gasteiger partial charge < -0.3 is 20.1 Å². The molecule has 1 aliphatic heterocycles. The predicted molar refractivity (Wildman–Crippen MR) is 100 cm³/mol. The number of aromatic nitrogens is 1. The third-order valence-corrected chi connectivity index (χ3v) is 4.02. The SMILES string of the molecule is CNCC(=O)N1CCCC1.O=Cc1ccnc2cc(OCC(=O)O)ccc12. The van der Waals surface area contributed by atoms with Gasteiger partial charge in [0, 0.05) is 36.3 Å². The van der Waals surface area contributed by atoms with Crippen LogP contribution in [0.1, 0.15) is 23.2 Å². The van der Waals surface area contributed by atoms with E-state index in [0.29, 0.717) is 28.8 Å². The Bertz CT molecular complexity index is 803. The normalized spacial score (nSPS) is 13.0. The van der Waals surface area contributed by atoms with E-state index < -0.39 is 12.6 Å². The molecular weight excluding hydrogens is 350 g/mol. The van der Waals surface area contributed by atoms with Crippen molar-refractivity contribution in [1.82, 2.24) is 15.2 Å². The van der Waals surface area contributed by atoms with Crippen LogP contribution in [0.5, 0.6) is 5.75 Å². The zero-order chi connectivity index (χ0) is 19.6. The van der Waals surface area contributed by atoms with Crippen LogP contribution in [0.25, 0.3) is 10.9 Å². The molecule has 27 heavy (non-hydrogen) atoms. The lowest BCUT2D eigenvalue weighted by Crippen LogP contribution is -2.34. The van der Waals surface area contributed by atoms with E-state index in [1.54, 1.807) is 31.3 Å². The Hall–Kier alpha value is -3.00. The van der Waals surface area contributed by atoms with E-state index >= 15 is 0 Å². The van der Waals surface area contributed by atoms with Crippen molar-refractivity contribution in [2.24, 2.45) is 0 Å². The number of carbonyl (C=O) groups is 3. The van der Waals surface area contributed by atoms with E-state index in [4.69, 9.17) is 9.84 Å². The van der Waals surface area contributed by atoms with E-state index in [0.717, 1.165) is 19.4 Å². The Balaban J connectivity index is 0.000000223. The molecule has 0 saturated carbocycles. The van der Waals surface area contributed by atoms with Crippen LogP contribution in [-0.2, 0) is 9.59 Å². The summed E-state index contributed by atoms with van der Waals surface area (Å²) in [4.78, 5) is 38.2. The number of aldehydes is 1. The summed E-state index contributed by atoms with van der Waals surface area (Å²) in [5.74, 6) is -0.393. The molecule has 8 nitrogen and oxygen atoms in total. The number of carbonyl (C=O) groups excluding carboxylic acids is 2. The molecule has 2 heterocycles. The molecule has 0 radical (unpaired) electrons. The van der Waals surface area contributed by atoms with E-state index in [-0.39, 0.29) is 5.91 Å². The van der Waals surface area contributed by atoms with Gasteiger partial charge in [-0.2, -0.15) is 0 Å². The van der Waals surface area contributed by atoms with Crippen LogP contribution < -0.4 is 10.1 Å². The standard InChI is InChI=1S/C12H9NO4.C7H14N2O/c14-6-8-3-4-13-11-5-9(1-2-10(8)11)17-7-12(15)16;1-8-6-7(10)9-4-2-3-5-9/h1-6H,7H2,(H,15,16);8H,2-6H2,1H3. The number of hydrogen-bond donors (Lipinski definition) is 2. The smallest absolute Gasteiger partial charge is 0.341 e. The molecule has 1 saturated heterocycles. The average molecular weight is 373 g/mol. The van der Waals surface area contributed by atoms with Crippen molar-refractivity contribution in [3.05, 3.63) is 36.0 Å². The molecule has 1 aromatic carbocycles. The minimum Gasteiger partial charge on any atom is -0.482 e. The number of fused-ring (bicyclic) bond motifs is 1. The van der Waals surface area contributed by atoms with Gasteiger partial charge in [0.25, 0.3) is 0 Å². The fraction of sp³-hybridized carbons (Fsp3) is 0.368. The van der Waals surface area contributed by atoms with Crippen LogP contribution in [0.3, 0.4) is 0 Å². The Labute approximate surface area is 157 Å². The Kier molecular flexibility index (Phi) is 7.69. The zero-order valence-corrected chi connectivity index (χ0v) is 15.2. The van der Waals surface area contributed by atoms with Crippen LogP contribution in [0.4, 0.5) is 0 Å².